The van der Waals surface area contributed by atoms with Gasteiger partial charge < -0.3 is 5.73 Å². The number of thioether (sulfide) groups is 1. The van der Waals surface area contributed by atoms with E-state index in [-0.39, 0.29) is 4.90 Å². The second kappa shape index (κ2) is 3.59. The fraction of sp³-hybridized carbons (Fsp3) is 0.250. The third-order valence-corrected chi connectivity index (χ3v) is 3.60. The normalized spacial score (nSPS) is 11.5. The van der Waals surface area contributed by atoms with Gasteiger partial charge in [-0.05, 0) is 18.4 Å². The van der Waals surface area contributed by atoms with Gasteiger partial charge in [-0.25, -0.2) is 8.42 Å². The Kier molecular flexibility index (Phi) is 2.87. The predicted octanol–water partition coefficient (Wildman–Crippen LogP) is 1.39. The Balaban J connectivity index is 3.41. The molecule has 1 aromatic rings. The van der Waals surface area contributed by atoms with Crippen molar-refractivity contribution in [1.29, 1.82) is 0 Å². The van der Waals surface area contributed by atoms with Crippen LogP contribution in [0, 0.1) is 0 Å². The number of hydrogen-bond donors (Lipinski definition) is 1. The number of hydrogen-bond acceptors (Lipinski definition) is 4. The van der Waals surface area contributed by atoms with E-state index >= 15 is 0 Å². The second-order valence-electron chi connectivity index (χ2n) is 2.64. The fourth-order valence-corrected chi connectivity index (χ4v) is 2.47. The van der Waals surface area contributed by atoms with Gasteiger partial charge in [-0.15, -0.1) is 11.8 Å². The Morgan fingerprint density at radius 3 is 2.46 bits per heavy atom. The monoisotopic (exact) mass is 217 g/mol. The zero-order chi connectivity index (χ0) is 10.1. The highest BCUT2D eigenvalue weighted by Gasteiger charge is 2.12. The highest BCUT2D eigenvalue weighted by atomic mass is 32.2. The number of nitrogens with two attached hydrogens (primary N) is 1. The minimum absolute atomic E-state index is 0.208. The fourth-order valence-electron chi connectivity index (χ4n) is 1.03. The summed E-state index contributed by atoms with van der Waals surface area (Å²) in [6.45, 7) is 0. The third-order valence-electron chi connectivity index (χ3n) is 1.65. The first-order valence-corrected chi connectivity index (χ1v) is 6.71. The SMILES string of the molecule is CSc1cccc(S(C)(=O)=O)c1N. The Bertz CT molecular complexity index is 412. The lowest BCUT2D eigenvalue weighted by atomic mass is 10.3. The van der Waals surface area contributed by atoms with Crippen molar-refractivity contribution in [2.45, 2.75) is 9.79 Å². The van der Waals surface area contributed by atoms with Gasteiger partial charge in [-0.2, -0.15) is 0 Å². The van der Waals surface area contributed by atoms with Crippen LogP contribution in [-0.4, -0.2) is 20.9 Å². The highest BCUT2D eigenvalue weighted by molar-refractivity contribution is 7.98. The third kappa shape index (κ3) is 2.16. The minimum atomic E-state index is -3.20. The summed E-state index contributed by atoms with van der Waals surface area (Å²) in [7, 11) is -3.20. The van der Waals surface area contributed by atoms with E-state index in [1.54, 1.807) is 12.1 Å². The summed E-state index contributed by atoms with van der Waals surface area (Å²) in [4.78, 5) is 1.00. The molecule has 0 radical (unpaired) electrons. The molecule has 0 aliphatic carbocycles. The maximum absolute atomic E-state index is 11.2. The summed E-state index contributed by atoms with van der Waals surface area (Å²) in [6, 6.07) is 5.01. The average Bonchev–Trinajstić information content (AvgIpc) is 2.02. The van der Waals surface area contributed by atoms with Gasteiger partial charge in [-0.1, -0.05) is 6.07 Å². The van der Waals surface area contributed by atoms with Crippen LogP contribution in [0.4, 0.5) is 5.69 Å². The topological polar surface area (TPSA) is 60.2 Å². The molecule has 0 amide bonds. The second-order valence-corrected chi connectivity index (χ2v) is 5.48. The summed E-state index contributed by atoms with van der Waals surface area (Å²) >= 11 is 1.44. The lowest BCUT2D eigenvalue weighted by molar-refractivity contribution is 0.602. The Morgan fingerprint density at radius 1 is 1.38 bits per heavy atom. The predicted molar refractivity (Wildman–Crippen MR) is 55.7 cm³/mol. The van der Waals surface area contributed by atoms with Gasteiger partial charge in [0.05, 0.1) is 10.6 Å². The van der Waals surface area contributed by atoms with Gasteiger partial charge in [-0.3, -0.25) is 0 Å². The molecule has 0 aliphatic rings. The number of sulfone groups is 1. The number of anilines is 1. The van der Waals surface area contributed by atoms with Crippen LogP contribution in [0.25, 0.3) is 0 Å². The van der Waals surface area contributed by atoms with Crippen LogP contribution in [0.2, 0.25) is 0 Å². The molecule has 1 rings (SSSR count). The minimum Gasteiger partial charge on any atom is -0.397 e. The lowest BCUT2D eigenvalue weighted by Crippen LogP contribution is -2.03. The summed E-state index contributed by atoms with van der Waals surface area (Å²) in [5, 5.41) is 0. The number of rotatable bonds is 2. The molecule has 0 aliphatic heterocycles. The largest absolute Gasteiger partial charge is 0.397 e. The van der Waals surface area contributed by atoms with E-state index in [0.29, 0.717) is 5.69 Å². The molecule has 1 aromatic carbocycles. The molecule has 0 atom stereocenters. The van der Waals surface area contributed by atoms with Crippen LogP contribution in [0.15, 0.2) is 28.0 Å². The van der Waals surface area contributed by atoms with E-state index in [1.165, 1.54) is 17.8 Å². The lowest BCUT2D eigenvalue weighted by Gasteiger charge is -2.06. The van der Waals surface area contributed by atoms with E-state index in [0.717, 1.165) is 11.2 Å². The van der Waals surface area contributed by atoms with Gasteiger partial charge in [0.1, 0.15) is 0 Å². The molecule has 0 aromatic heterocycles. The molecule has 0 heterocycles. The van der Waals surface area contributed by atoms with Gasteiger partial charge in [0.25, 0.3) is 0 Å². The summed E-state index contributed by atoms with van der Waals surface area (Å²) in [5.41, 5.74) is 6.02. The van der Waals surface area contributed by atoms with Gasteiger partial charge in [0.2, 0.25) is 0 Å². The van der Waals surface area contributed by atoms with Crippen molar-refractivity contribution < 1.29 is 8.42 Å². The maximum Gasteiger partial charge on any atom is 0.177 e. The van der Waals surface area contributed by atoms with Gasteiger partial charge in [0.15, 0.2) is 9.84 Å². The first kappa shape index (κ1) is 10.4. The first-order chi connectivity index (χ1) is 5.96. The zero-order valence-electron chi connectivity index (χ0n) is 7.44. The van der Waals surface area contributed by atoms with E-state index in [4.69, 9.17) is 5.73 Å². The van der Waals surface area contributed by atoms with Crippen molar-refractivity contribution in [3.05, 3.63) is 18.2 Å². The number of nitrogen functional groups attached to an aromatic ring is 1. The molecule has 3 nitrogen and oxygen atoms in total. The molecule has 0 saturated carbocycles. The van der Waals surface area contributed by atoms with Crippen LogP contribution in [-0.2, 0) is 9.84 Å². The quantitative estimate of drug-likeness (QED) is 0.601. The number of para-hydroxylation sites is 1. The Morgan fingerprint density at radius 2 is 2.00 bits per heavy atom. The van der Waals surface area contributed by atoms with Crippen molar-refractivity contribution >= 4 is 27.3 Å². The van der Waals surface area contributed by atoms with Crippen LogP contribution in [0.5, 0.6) is 0 Å². The Hall–Kier alpha value is -0.680. The summed E-state index contributed by atoms with van der Waals surface area (Å²) in [5.74, 6) is 0. The maximum atomic E-state index is 11.2. The van der Waals surface area contributed by atoms with Crippen molar-refractivity contribution in [3.63, 3.8) is 0 Å². The molecular weight excluding hydrogens is 206 g/mol. The molecule has 13 heavy (non-hydrogen) atoms. The summed E-state index contributed by atoms with van der Waals surface area (Å²) in [6.07, 6.45) is 3.01. The molecule has 0 fully saturated rings. The van der Waals surface area contributed by atoms with Crippen molar-refractivity contribution in [2.24, 2.45) is 0 Å². The molecule has 2 N–H and O–H groups in total. The van der Waals surface area contributed by atoms with Crippen molar-refractivity contribution in [3.8, 4) is 0 Å². The van der Waals surface area contributed by atoms with E-state index in [1.807, 2.05) is 6.26 Å². The standard InChI is InChI=1S/C8H11NO2S2/c1-12-6-4-3-5-7(8(6)9)13(2,10)11/h3-5H,9H2,1-2H3. The van der Waals surface area contributed by atoms with E-state index in [2.05, 4.69) is 0 Å². The van der Waals surface area contributed by atoms with E-state index in [9.17, 15) is 8.42 Å². The van der Waals surface area contributed by atoms with Crippen LogP contribution in [0.3, 0.4) is 0 Å². The molecule has 0 spiro atoms. The van der Waals surface area contributed by atoms with Gasteiger partial charge >= 0.3 is 0 Å². The smallest absolute Gasteiger partial charge is 0.177 e. The molecule has 5 heteroatoms. The summed E-state index contributed by atoms with van der Waals surface area (Å²) < 4.78 is 22.5. The molecule has 72 valence electrons. The molecule has 0 saturated heterocycles. The van der Waals surface area contributed by atoms with Crippen LogP contribution in [0.1, 0.15) is 0 Å². The first-order valence-electron chi connectivity index (χ1n) is 3.59. The average molecular weight is 217 g/mol. The molecule has 0 unspecified atom stereocenters. The zero-order valence-corrected chi connectivity index (χ0v) is 9.08. The van der Waals surface area contributed by atoms with E-state index < -0.39 is 9.84 Å². The molecule has 0 bridgehead atoms. The molecular formula is C8H11NO2S2. The highest BCUT2D eigenvalue weighted by Crippen LogP contribution is 2.28. The Labute approximate surface area is 82.2 Å². The van der Waals surface area contributed by atoms with Crippen molar-refractivity contribution in [1.82, 2.24) is 0 Å². The van der Waals surface area contributed by atoms with Crippen LogP contribution >= 0.6 is 11.8 Å². The van der Waals surface area contributed by atoms with Crippen LogP contribution < -0.4 is 5.73 Å². The number of benzene rings is 1. The van der Waals surface area contributed by atoms with Crippen molar-refractivity contribution in [2.75, 3.05) is 18.2 Å². The van der Waals surface area contributed by atoms with Gasteiger partial charge in [0, 0.05) is 11.2 Å².